The number of nitrogens with zero attached hydrogens (tertiary/aromatic N) is 1. The van der Waals surface area contributed by atoms with E-state index in [0.29, 0.717) is 11.4 Å². The third kappa shape index (κ3) is 8.60. The summed E-state index contributed by atoms with van der Waals surface area (Å²) in [6, 6.07) is 14.5. The lowest BCUT2D eigenvalue weighted by Gasteiger charge is -2.25. The van der Waals surface area contributed by atoms with E-state index in [1.165, 1.54) is 23.5 Å². The van der Waals surface area contributed by atoms with E-state index in [1.54, 1.807) is 36.4 Å². The Bertz CT molecular complexity index is 1390. The summed E-state index contributed by atoms with van der Waals surface area (Å²) in [5.41, 5.74) is 8.02. The quantitative estimate of drug-likeness (QED) is 0.137. The number of amides is 2. The minimum Gasteiger partial charge on any atom is -0.468 e. The van der Waals surface area contributed by atoms with Gasteiger partial charge < -0.3 is 15.8 Å². The predicted octanol–water partition coefficient (Wildman–Crippen LogP) is 2.45. The third-order valence-electron chi connectivity index (χ3n) is 5.99. The zero-order valence-electron chi connectivity index (χ0n) is 21.4. The zero-order chi connectivity index (χ0) is 28.6. The van der Waals surface area contributed by atoms with Crippen LogP contribution in [0.4, 0.5) is 5.69 Å². The van der Waals surface area contributed by atoms with Crippen molar-refractivity contribution in [2.24, 2.45) is 17.6 Å². The standard InChI is InChI=1S/C26H30N4O7S2/c1-3-18-15-38-25(28-18)21(14-17-9-11-19(12-10-17)30-39(34,35)36)29-24(32)20(13-16-7-5-4-6-8-16)22(23(27)31)26(33)37-2/h4-12,15,20-22,30H,3,13-14H2,1-2H3,(H2,27,31)(H,29,32)(H,34,35,36)/t20-,21?,22?/m0/s1. The number of primary amides is 1. The van der Waals surface area contributed by atoms with Gasteiger partial charge in [-0.2, -0.15) is 8.42 Å². The molecular weight excluding hydrogens is 544 g/mol. The Morgan fingerprint density at radius 3 is 2.23 bits per heavy atom. The number of ether oxygens (including phenoxy) is 1. The van der Waals surface area contributed by atoms with Gasteiger partial charge in [0.05, 0.1) is 30.5 Å². The van der Waals surface area contributed by atoms with Gasteiger partial charge in [-0.15, -0.1) is 11.3 Å². The highest BCUT2D eigenvalue weighted by Crippen LogP contribution is 2.26. The summed E-state index contributed by atoms with van der Waals surface area (Å²) in [7, 11) is -3.30. The summed E-state index contributed by atoms with van der Waals surface area (Å²) in [6.45, 7) is 1.96. The second-order valence-corrected chi connectivity index (χ2v) is 10.8. The maximum atomic E-state index is 13.7. The maximum absolute atomic E-state index is 13.7. The number of rotatable bonds is 13. The molecule has 2 amide bonds. The molecule has 13 heteroatoms. The van der Waals surface area contributed by atoms with E-state index in [-0.39, 0.29) is 18.5 Å². The largest absolute Gasteiger partial charge is 0.468 e. The van der Waals surface area contributed by atoms with E-state index >= 15 is 0 Å². The number of esters is 1. The van der Waals surface area contributed by atoms with Crippen molar-refractivity contribution in [3.63, 3.8) is 0 Å². The van der Waals surface area contributed by atoms with Crippen LogP contribution in [0.2, 0.25) is 0 Å². The van der Waals surface area contributed by atoms with Crippen molar-refractivity contribution in [1.29, 1.82) is 0 Å². The van der Waals surface area contributed by atoms with Gasteiger partial charge >= 0.3 is 16.3 Å². The van der Waals surface area contributed by atoms with Gasteiger partial charge in [0.15, 0.2) is 0 Å². The van der Waals surface area contributed by atoms with Crippen LogP contribution in [0, 0.1) is 11.8 Å². The number of hydrogen-bond donors (Lipinski definition) is 4. The highest BCUT2D eigenvalue weighted by molar-refractivity contribution is 7.87. The fourth-order valence-corrected chi connectivity index (χ4v) is 5.44. The number of nitrogens with one attached hydrogen (secondary N) is 2. The van der Waals surface area contributed by atoms with E-state index in [4.69, 9.17) is 15.0 Å². The Balaban J connectivity index is 1.93. The van der Waals surface area contributed by atoms with Crippen molar-refractivity contribution < 1.29 is 32.1 Å². The number of aromatic nitrogens is 1. The summed E-state index contributed by atoms with van der Waals surface area (Å²) < 4.78 is 38.0. The van der Waals surface area contributed by atoms with Crippen LogP contribution in [0.15, 0.2) is 60.0 Å². The molecular formula is C26H30N4O7S2. The number of carbonyl (C=O) groups is 3. The summed E-state index contributed by atoms with van der Waals surface area (Å²) >= 11 is 1.36. The summed E-state index contributed by atoms with van der Waals surface area (Å²) in [5, 5.41) is 5.45. The average molecular weight is 575 g/mol. The van der Waals surface area contributed by atoms with Crippen LogP contribution in [-0.4, -0.2) is 42.8 Å². The van der Waals surface area contributed by atoms with E-state index in [1.807, 2.05) is 23.1 Å². The van der Waals surface area contributed by atoms with Crippen LogP contribution >= 0.6 is 11.3 Å². The highest BCUT2D eigenvalue weighted by atomic mass is 32.2. The molecule has 3 rings (SSSR count). The fourth-order valence-electron chi connectivity index (χ4n) is 4.05. The lowest BCUT2D eigenvalue weighted by molar-refractivity contribution is -0.154. The second kappa shape index (κ2) is 13.3. The van der Waals surface area contributed by atoms with Crippen molar-refractivity contribution in [2.45, 2.75) is 32.2 Å². The Morgan fingerprint density at radius 2 is 1.69 bits per heavy atom. The topological polar surface area (TPSA) is 178 Å². The van der Waals surface area contributed by atoms with E-state index in [0.717, 1.165) is 23.9 Å². The van der Waals surface area contributed by atoms with E-state index < -0.39 is 46.0 Å². The van der Waals surface area contributed by atoms with Gasteiger partial charge in [-0.05, 0) is 42.5 Å². The number of aryl methyl sites for hydroxylation is 1. The fraction of sp³-hybridized carbons (Fsp3) is 0.308. The molecule has 1 aromatic heterocycles. The molecule has 0 saturated carbocycles. The molecule has 0 aliphatic heterocycles. The van der Waals surface area contributed by atoms with Gasteiger partial charge in [-0.1, -0.05) is 49.4 Å². The Morgan fingerprint density at radius 1 is 1.05 bits per heavy atom. The number of hydrogen-bond acceptors (Lipinski definition) is 8. The summed E-state index contributed by atoms with van der Waals surface area (Å²) in [4.78, 5) is 43.2. The number of benzene rings is 2. The molecule has 208 valence electrons. The van der Waals surface area contributed by atoms with Crippen LogP contribution in [0.3, 0.4) is 0 Å². The molecule has 0 aliphatic carbocycles. The number of carbonyl (C=O) groups excluding carboxylic acids is 3. The van der Waals surface area contributed by atoms with Crippen LogP contribution in [0.5, 0.6) is 0 Å². The Labute approximate surface area is 230 Å². The molecule has 0 fully saturated rings. The van der Waals surface area contributed by atoms with Crippen LogP contribution in [0.25, 0.3) is 0 Å². The van der Waals surface area contributed by atoms with Crippen molar-refractivity contribution in [1.82, 2.24) is 10.3 Å². The molecule has 3 aromatic rings. The normalized spacial score (nSPS) is 13.6. The molecule has 39 heavy (non-hydrogen) atoms. The lowest BCUT2D eigenvalue weighted by atomic mass is 9.85. The molecule has 5 N–H and O–H groups in total. The first-order valence-corrected chi connectivity index (χ1v) is 14.3. The number of thiazole rings is 1. The summed E-state index contributed by atoms with van der Waals surface area (Å²) in [5.74, 6) is -5.11. The number of anilines is 1. The van der Waals surface area contributed by atoms with Crippen LogP contribution < -0.4 is 15.8 Å². The van der Waals surface area contributed by atoms with Gasteiger partial charge in [-0.3, -0.25) is 23.7 Å². The average Bonchev–Trinajstić information content (AvgIpc) is 3.38. The monoisotopic (exact) mass is 574 g/mol. The lowest BCUT2D eigenvalue weighted by Crippen LogP contribution is -2.46. The van der Waals surface area contributed by atoms with E-state index in [9.17, 15) is 22.8 Å². The highest BCUT2D eigenvalue weighted by Gasteiger charge is 2.40. The molecule has 0 spiro atoms. The van der Waals surface area contributed by atoms with Gasteiger partial charge in [0.1, 0.15) is 10.9 Å². The smallest absolute Gasteiger partial charge is 0.357 e. The Kier molecular flexibility index (Phi) is 10.2. The first-order chi connectivity index (χ1) is 18.5. The van der Waals surface area contributed by atoms with Crippen LogP contribution in [0.1, 0.15) is 34.8 Å². The van der Waals surface area contributed by atoms with Crippen molar-refractivity contribution in [3.05, 3.63) is 81.8 Å². The molecule has 11 nitrogen and oxygen atoms in total. The first kappa shape index (κ1) is 29.7. The first-order valence-electron chi connectivity index (χ1n) is 12.0. The summed E-state index contributed by atoms with van der Waals surface area (Å²) in [6.07, 6.45) is 1.03. The van der Waals surface area contributed by atoms with Crippen LogP contribution in [-0.2, 0) is 48.7 Å². The Hall–Kier alpha value is -3.81. The molecule has 1 heterocycles. The number of nitrogens with two attached hydrogens (primary N) is 1. The minimum atomic E-state index is -4.42. The minimum absolute atomic E-state index is 0.0657. The molecule has 2 unspecified atom stereocenters. The molecule has 0 saturated heterocycles. The van der Waals surface area contributed by atoms with Crippen molar-refractivity contribution in [3.8, 4) is 0 Å². The van der Waals surface area contributed by atoms with Gasteiger partial charge in [-0.25, -0.2) is 4.98 Å². The third-order valence-corrected chi connectivity index (χ3v) is 7.49. The van der Waals surface area contributed by atoms with Gasteiger partial charge in [0.2, 0.25) is 11.8 Å². The van der Waals surface area contributed by atoms with Gasteiger partial charge in [0.25, 0.3) is 0 Å². The van der Waals surface area contributed by atoms with E-state index in [2.05, 4.69) is 10.3 Å². The molecule has 3 atom stereocenters. The molecule has 0 bridgehead atoms. The zero-order valence-corrected chi connectivity index (χ0v) is 23.0. The molecule has 0 radical (unpaired) electrons. The van der Waals surface area contributed by atoms with Crippen molar-refractivity contribution in [2.75, 3.05) is 11.8 Å². The molecule has 2 aromatic carbocycles. The van der Waals surface area contributed by atoms with Crippen molar-refractivity contribution >= 4 is 45.1 Å². The number of methoxy groups -OCH3 is 1. The molecule has 0 aliphatic rings. The maximum Gasteiger partial charge on any atom is 0.357 e. The predicted molar refractivity (Wildman–Crippen MR) is 146 cm³/mol. The SMILES string of the molecule is CCc1csc(C(Cc2ccc(NS(=O)(=O)O)cc2)NC(=O)[C@@H](Cc2ccccc2)C(C(N)=O)C(=O)OC)n1. The van der Waals surface area contributed by atoms with Gasteiger partial charge in [0, 0.05) is 5.38 Å². The second-order valence-electron chi connectivity index (χ2n) is 8.77.